The molecule has 0 fully saturated rings. The molecule has 16 nitrogen and oxygen atoms in total. The lowest BCUT2D eigenvalue weighted by atomic mass is 10.1. The SMILES string of the molecule is C.C.C.C.C.C.C.C.C.COc1ccc(-c2nc(-c3ccc(OC(C)C(C)=O)cc3O)nc(-c3ccc(OC(C)C(=O)OCCCCCCCCCCCCOC(=O)C(O)C(O)C(C)=O)cc3O)n2)cc1. The fourth-order valence-electron chi connectivity index (χ4n) is 6.09. The van der Waals surface area contributed by atoms with Crippen molar-refractivity contribution in [3.63, 3.8) is 0 Å². The second-order valence-electron chi connectivity index (χ2n) is 14.9. The van der Waals surface area contributed by atoms with Crippen molar-refractivity contribution in [1.82, 2.24) is 15.0 Å². The minimum atomic E-state index is -1.86. The van der Waals surface area contributed by atoms with Gasteiger partial charge in [-0.15, -0.1) is 0 Å². The minimum absolute atomic E-state index is 0. The van der Waals surface area contributed by atoms with Gasteiger partial charge in [0.05, 0.1) is 31.5 Å². The molecule has 16 heteroatoms. The number of ether oxygens (including phenoxy) is 5. The monoisotopic (exact) mass is 1000 g/mol. The van der Waals surface area contributed by atoms with E-state index in [1.807, 2.05) is 0 Å². The summed E-state index contributed by atoms with van der Waals surface area (Å²) in [5.74, 6) is -1.23. The van der Waals surface area contributed by atoms with Gasteiger partial charge in [-0.2, -0.15) is 0 Å². The maximum Gasteiger partial charge on any atom is 0.347 e. The van der Waals surface area contributed by atoms with Gasteiger partial charge in [-0.3, -0.25) is 9.59 Å². The van der Waals surface area contributed by atoms with Crippen LogP contribution in [-0.4, -0.2) is 104 Å². The quantitative estimate of drug-likeness (QED) is 0.0338. The van der Waals surface area contributed by atoms with Crippen LogP contribution in [-0.2, 0) is 28.7 Å². The van der Waals surface area contributed by atoms with E-state index >= 15 is 0 Å². The topological polar surface area (TPSA) is 234 Å². The second-order valence-corrected chi connectivity index (χ2v) is 14.9. The van der Waals surface area contributed by atoms with Crippen molar-refractivity contribution < 1.29 is 63.3 Å². The van der Waals surface area contributed by atoms with Gasteiger partial charge in [0.2, 0.25) is 0 Å². The number of aliphatic hydroxyl groups excluding tert-OH is 2. The van der Waals surface area contributed by atoms with Gasteiger partial charge < -0.3 is 44.1 Å². The van der Waals surface area contributed by atoms with Crippen molar-refractivity contribution in [2.75, 3.05) is 20.3 Å². The molecular weight excluding hydrogens is 911 g/mol. The van der Waals surface area contributed by atoms with Crippen LogP contribution in [0.4, 0.5) is 0 Å². The van der Waals surface area contributed by atoms with E-state index < -0.39 is 42.1 Å². The molecule has 0 aliphatic carbocycles. The fourth-order valence-corrected chi connectivity index (χ4v) is 6.09. The molecule has 0 spiro atoms. The number of unbranched alkanes of at least 4 members (excludes halogenated alkanes) is 9. The Bertz CT molecular complexity index is 2110. The number of carbonyl (C=O) groups excluding carboxylic acids is 4. The Morgan fingerprint density at radius 2 is 0.845 bits per heavy atom. The zero-order valence-electron chi connectivity index (χ0n) is 35.9. The summed E-state index contributed by atoms with van der Waals surface area (Å²) >= 11 is 0. The molecule has 1 heterocycles. The third kappa shape index (κ3) is 24.0. The van der Waals surface area contributed by atoms with E-state index in [0.717, 1.165) is 58.3 Å². The average Bonchev–Trinajstić information content (AvgIpc) is 3.25. The van der Waals surface area contributed by atoms with Gasteiger partial charge in [-0.1, -0.05) is 118 Å². The molecule has 0 bridgehead atoms. The summed E-state index contributed by atoms with van der Waals surface area (Å²) in [5, 5.41) is 41.2. The van der Waals surface area contributed by atoms with Gasteiger partial charge in [0.1, 0.15) is 34.9 Å². The maximum absolute atomic E-state index is 12.7. The summed E-state index contributed by atoms with van der Waals surface area (Å²) in [6, 6.07) is 16.0. The summed E-state index contributed by atoms with van der Waals surface area (Å²) < 4.78 is 27.1. The molecule has 4 rings (SSSR count). The Labute approximate surface area is 427 Å². The Morgan fingerprint density at radius 3 is 1.23 bits per heavy atom. The summed E-state index contributed by atoms with van der Waals surface area (Å²) in [6.07, 6.45) is 4.07. The van der Waals surface area contributed by atoms with Crippen LogP contribution in [0.5, 0.6) is 28.7 Å². The average molecular weight is 1000 g/mol. The van der Waals surface area contributed by atoms with Gasteiger partial charge in [0.15, 0.2) is 47.4 Å². The molecule has 0 aliphatic rings. The predicted octanol–water partition coefficient (Wildman–Crippen LogP) is 12.4. The van der Waals surface area contributed by atoms with E-state index in [2.05, 4.69) is 15.0 Å². The number of hydrogen-bond acceptors (Lipinski definition) is 16. The number of methoxy groups -OCH3 is 1. The molecule has 1 aromatic heterocycles. The van der Waals surface area contributed by atoms with Crippen molar-refractivity contribution in [2.24, 2.45) is 0 Å². The number of hydrogen-bond donors (Lipinski definition) is 4. The van der Waals surface area contributed by atoms with Gasteiger partial charge in [0.25, 0.3) is 0 Å². The number of benzene rings is 3. The summed E-state index contributed by atoms with van der Waals surface area (Å²) in [7, 11) is 1.55. The first kappa shape index (κ1) is 76.4. The van der Waals surface area contributed by atoms with Crippen molar-refractivity contribution in [2.45, 2.75) is 183 Å². The lowest BCUT2D eigenvalue weighted by Crippen LogP contribution is -2.39. The molecule has 0 aliphatic heterocycles. The van der Waals surface area contributed by atoms with Crippen LogP contribution >= 0.6 is 0 Å². The lowest BCUT2D eigenvalue weighted by Gasteiger charge is -2.15. The second kappa shape index (κ2) is 38.6. The highest BCUT2D eigenvalue weighted by Crippen LogP contribution is 2.36. The van der Waals surface area contributed by atoms with Crippen molar-refractivity contribution >= 4 is 23.5 Å². The fraction of sp³-hybridized carbons (Fsp3) is 0.545. The number of nitrogens with zero attached hydrogens (tertiary/aromatic N) is 3. The van der Waals surface area contributed by atoms with Crippen molar-refractivity contribution in [3.8, 4) is 62.9 Å². The molecule has 0 saturated carbocycles. The Balaban J connectivity index is -0.00000117. The zero-order valence-corrected chi connectivity index (χ0v) is 35.9. The molecule has 406 valence electrons. The molecule has 0 radical (unpaired) electrons. The molecular formula is C55H93N3O13. The van der Waals surface area contributed by atoms with E-state index in [9.17, 15) is 39.6 Å². The first-order valence-electron chi connectivity index (χ1n) is 20.8. The van der Waals surface area contributed by atoms with E-state index in [1.54, 1.807) is 69.5 Å². The van der Waals surface area contributed by atoms with Gasteiger partial charge in [-0.05, 0) is 89.1 Å². The number of ketones is 2. The molecule has 3 aromatic carbocycles. The molecule has 71 heavy (non-hydrogen) atoms. The molecule has 0 amide bonds. The summed E-state index contributed by atoms with van der Waals surface area (Å²) in [4.78, 5) is 61.0. The number of esters is 2. The maximum atomic E-state index is 12.7. The first-order valence-corrected chi connectivity index (χ1v) is 20.8. The highest BCUT2D eigenvalue weighted by Gasteiger charge is 2.29. The van der Waals surface area contributed by atoms with Crippen molar-refractivity contribution in [3.05, 3.63) is 60.7 Å². The van der Waals surface area contributed by atoms with Crippen LogP contribution in [0.15, 0.2) is 60.7 Å². The van der Waals surface area contributed by atoms with Gasteiger partial charge in [0, 0.05) is 17.7 Å². The molecule has 4 unspecified atom stereocenters. The van der Waals surface area contributed by atoms with Crippen LogP contribution in [0.3, 0.4) is 0 Å². The van der Waals surface area contributed by atoms with Gasteiger partial charge >= 0.3 is 11.9 Å². The number of Topliss-reactive ketones (excluding diaryl/α,β-unsaturated/α-hetero) is 2. The van der Waals surface area contributed by atoms with E-state index in [0.29, 0.717) is 24.2 Å². The molecule has 0 saturated heterocycles. The minimum Gasteiger partial charge on any atom is -0.507 e. The van der Waals surface area contributed by atoms with Crippen LogP contribution < -0.4 is 14.2 Å². The van der Waals surface area contributed by atoms with Gasteiger partial charge in [-0.25, -0.2) is 24.5 Å². The standard InChI is InChI=1S/C46H57N3O13.9CH4/c1-28(50)30(3)61-34-20-22-36(38(52)26-34)43-47-42(32-16-18-33(58-5)19-17-32)48-44(49-43)37-23-21-35(27-39(37)53)62-31(4)45(56)59-24-14-12-10-8-6-7-9-11-13-15-25-60-46(57)41(55)40(54)29(2)51;;;;;;;;;/h16-23,26-27,30-31,40-41,52-55H,6-15,24-25H2,1-5H3;9*1H4. The smallest absolute Gasteiger partial charge is 0.347 e. The van der Waals surface area contributed by atoms with Crippen LogP contribution in [0, 0.1) is 0 Å². The third-order valence-corrected chi connectivity index (χ3v) is 9.92. The third-order valence-electron chi connectivity index (χ3n) is 9.92. The van der Waals surface area contributed by atoms with Crippen LogP contribution in [0.1, 0.15) is 159 Å². The molecule has 4 atom stereocenters. The Hall–Kier alpha value is -6.13. The highest BCUT2D eigenvalue weighted by atomic mass is 16.6. The summed E-state index contributed by atoms with van der Waals surface area (Å²) in [6.45, 7) is 6.06. The number of aromatic nitrogens is 3. The normalized spacial score (nSPS) is 11.4. The number of rotatable bonds is 26. The first-order chi connectivity index (χ1) is 29.7. The number of aliphatic hydroxyl groups is 2. The number of phenolic OH excluding ortho intramolecular Hbond substituents is 2. The molecule has 4 aromatic rings. The Morgan fingerprint density at radius 1 is 0.479 bits per heavy atom. The summed E-state index contributed by atoms with van der Waals surface area (Å²) in [5.41, 5.74) is 1.12. The Kier molecular flexibility index (Phi) is 41.5. The van der Waals surface area contributed by atoms with Crippen LogP contribution in [0.2, 0.25) is 0 Å². The number of carbonyl (C=O) groups is 4. The number of phenols is 2. The van der Waals surface area contributed by atoms with E-state index in [1.165, 1.54) is 19.1 Å². The highest BCUT2D eigenvalue weighted by molar-refractivity contribution is 5.88. The van der Waals surface area contributed by atoms with E-state index in [-0.39, 0.29) is 137 Å². The predicted molar refractivity (Wildman–Crippen MR) is 288 cm³/mol. The van der Waals surface area contributed by atoms with E-state index in [4.69, 9.17) is 23.7 Å². The molecule has 4 N–H and O–H groups in total. The largest absolute Gasteiger partial charge is 0.507 e. The zero-order chi connectivity index (χ0) is 45.2. The number of aromatic hydroxyl groups is 2. The van der Waals surface area contributed by atoms with Crippen molar-refractivity contribution in [1.29, 1.82) is 0 Å². The van der Waals surface area contributed by atoms with Crippen LogP contribution in [0.25, 0.3) is 34.2 Å². The lowest BCUT2D eigenvalue weighted by molar-refractivity contribution is -0.162.